The van der Waals surface area contributed by atoms with Crippen molar-refractivity contribution in [3.63, 3.8) is 0 Å². The van der Waals surface area contributed by atoms with Crippen molar-refractivity contribution >= 4 is 28.9 Å². The lowest BCUT2D eigenvalue weighted by molar-refractivity contribution is -0.147. The Labute approximate surface area is 134 Å². The molecule has 0 aliphatic heterocycles. The minimum Gasteiger partial charge on any atom is -0.456 e. The van der Waals surface area contributed by atoms with Gasteiger partial charge in [0.15, 0.2) is 6.61 Å². The van der Waals surface area contributed by atoms with Crippen LogP contribution in [0.2, 0.25) is 0 Å². The number of carbonyl (C=O) groups excluding carboxylic acids is 2. The minimum absolute atomic E-state index is 0.255. The summed E-state index contributed by atoms with van der Waals surface area (Å²) in [6.07, 6.45) is 0.925. The second-order valence-corrected chi connectivity index (χ2v) is 6.00. The first kappa shape index (κ1) is 16.2. The highest BCUT2D eigenvalue weighted by Crippen LogP contribution is 2.13. The third kappa shape index (κ3) is 5.33. The Bertz CT molecular complexity index is 630. The number of rotatable bonds is 6. The van der Waals surface area contributed by atoms with E-state index in [9.17, 15) is 9.59 Å². The number of aryl methyl sites for hydroxylation is 3. The number of hydrogen-bond acceptors (Lipinski definition) is 4. The van der Waals surface area contributed by atoms with Gasteiger partial charge in [0.05, 0.1) is 0 Å². The summed E-state index contributed by atoms with van der Waals surface area (Å²) in [6.45, 7) is 3.68. The average molecular weight is 317 g/mol. The van der Waals surface area contributed by atoms with Crippen LogP contribution in [-0.2, 0) is 20.7 Å². The summed E-state index contributed by atoms with van der Waals surface area (Å²) in [5, 5.41) is 6.70. The van der Waals surface area contributed by atoms with Crippen molar-refractivity contribution in [1.29, 1.82) is 0 Å². The van der Waals surface area contributed by atoms with E-state index < -0.39 is 0 Å². The highest BCUT2D eigenvalue weighted by atomic mass is 32.1. The zero-order valence-electron chi connectivity index (χ0n) is 12.7. The summed E-state index contributed by atoms with van der Waals surface area (Å²) >= 11 is 1.60. The second kappa shape index (κ2) is 7.75. The van der Waals surface area contributed by atoms with Gasteiger partial charge in [-0.2, -0.15) is 11.3 Å². The SMILES string of the molecule is Cc1cc(C)cc(NC(=O)COC(=O)CCc2ccsc2)c1. The predicted molar refractivity (Wildman–Crippen MR) is 88.1 cm³/mol. The number of anilines is 1. The van der Waals surface area contributed by atoms with Crippen molar-refractivity contribution in [3.05, 3.63) is 51.7 Å². The van der Waals surface area contributed by atoms with Crippen LogP contribution in [-0.4, -0.2) is 18.5 Å². The highest BCUT2D eigenvalue weighted by molar-refractivity contribution is 7.07. The third-order valence-electron chi connectivity index (χ3n) is 3.07. The lowest BCUT2D eigenvalue weighted by atomic mass is 10.1. The smallest absolute Gasteiger partial charge is 0.306 e. The summed E-state index contributed by atoms with van der Waals surface area (Å²) in [7, 11) is 0. The number of benzene rings is 1. The van der Waals surface area contributed by atoms with Gasteiger partial charge in [0.25, 0.3) is 5.91 Å². The zero-order valence-corrected chi connectivity index (χ0v) is 13.5. The number of ether oxygens (including phenoxy) is 1. The second-order valence-electron chi connectivity index (χ2n) is 5.22. The number of carbonyl (C=O) groups is 2. The monoisotopic (exact) mass is 317 g/mol. The van der Waals surface area contributed by atoms with Gasteiger partial charge in [-0.1, -0.05) is 6.07 Å². The lowest BCUT2D eigenvalue weighted by Crippen LogP contribution is -2.21. The van der Waals surface area contributed by atoms with Crippen LogP contribution in [0, 0.1) is 13.8 Å². The molecule has 1 heterocycles. The number of esters is 1. The van der Waals surface area contributed by atoms with Gasteiger partial charge in [-0.15, -0.1) is 0 Å². The Morgan fingerprint density at radius 2 is 1.91 bits per heavy atom. The van der Waals surface area contributed by atoms with Gasteiger partial charge < -0.3 is 10.1 Å². The topological polar surface area (TPSA) is 55.4 Å². The van der Waals surface area contributed by atoms with Gasteiger partial charge in [0.2, 0.25) is 0 Å². The molecule has 0 bridgehead atoms. The van der Waals surface area contributed by atoms with E-state index in [0.717, 1.165) is 22.4 Å². The van der Waals surface area contributed by atoms with Gasteiger partial charge in [0.1, 0.15) is 0 Å². The van der Waals surface area contributed by atoms with Gasteiger partial charge in [0, 0.05) is 12.1 Å². The quantitative estimate of drug-likeness (QED) is 0.830. The molecule has 0 unspecified atom stereocenters. The zero-order chi connectivity index (χ0) is 15.9. The summed E-state index contributed by atoms with van der Waals surface area (Å²) < 4.78 is 4.99. The molecular formula is C17H19NO3S. The molecule has 1 aromatic heterocycles. The maximum atomic E-state index is 11.8. The van der Waals surface area contributed by atoms with E-state index in [0.29, 0.717) is 6.42 Å². The normalized spacial score (nSPS) is 10.3. The molecule has 0 aliphatic carbocycles. The molecule has 2 rings (SSSR count). The Balaban J connectivity index is 1.73. The Morgan fingerprint density at radius 1 is 1.18 bits per heavy atom. The van der Waals surface area contributed by atoms with Crippen LogP contribution in [0.25, 0.3) is 0 Å². The number of thiophene rings is 1. The minimum atomic E-state index is -0.359. The number of amides is 1. The van der Waals surface area contributed by atoms with Crippen LogP contribution in [0.15, 0.2) is 35.0 Å². The molecule has 22 heavy (non-hydrogen) atoms. The van der Waals surface area contributed by atoms with Crippen LogP contribution in [0.1, 0.15) is 23.1 Å². The van der Waals surface area contributed by atoms with E-state index in [1.54, 1.807) is 11.3 Å². The molecule has 0 atom stereocenters. The Morgan fingerprint density at radius 3 is 2.55 bits per heavy atom. The molecule has 5 heteroatoms. The summed E-state index contributed by atoms with van der Waals surface area (Å²) in [5.41, 5.74) is 3.98. The fourth-order valence-corrected chi connectivity index (χ4v) is 2.85. The van der Waals surface area contributed by atoms with Crippen molar-refractivity contribution in [2.75, 3.05) is 11.9 Å². The van der Waals surface area contributed by atoms with Crippen LogP contribution in [0.3, 0.4) is 0 Å². The fraction of sp³-hybridized carbons (Fsp3) is 0.294. The van der Waals surface area contributed by atoms with Gasteiger partial charge in [-0.3, -0.25) is 9.59 Å². The molecule has 1 amide bonds. The molecule has 1 N–H and O–H groups in total. The third-order valence-corrected chi connectivity index (χ3v) is 3.80. The molecule has 4 nitrogen and oxygen atoms in total. The van der Waals surface area contributed by atoms with Gasteiger partial charge in [-0.25, -0.2) is 0 Å². The first-order chi connectivity index (χ1) is 10.5. The number of nitrogens with one attached hydrogen (secondary N) is 1. The maximum absolute atomic E-state index is 11.8. The molecule has 0 spiro atoms. The molecular weight excluding hydrogens is 298 g/mol. The Hall–Kier alpha value is -2.14. The maximum Gasteiger partial charge on any atom is 0.306 e. The van der Waals surface area contributed by atoms with Crippen molar-refractivity contribution < 1.29 is 14.3 Å². The first-order valence-electron chi connectivity index (χ1n) is 7.08. The van der Waals surface area contributed by atoms with E-state index in [1.807, 2.05) is 48.9 Å². The predicted octanol–water partition coefficient (Wildman–Crippen LogP) is 3.48. The average Bonchev–Trinajstić information content (AvgIpc) is 2.95. The van der Waals surface area contributed by atoms with E-state index in [4.69, 9.17) is 4.74 Å². The summed E-state index contributed by atoms with van der Waals surface area (Å²) in [4.78, 5) is 23.4. The van der Waals surface area contributed by atoms with E-state index in [2.05, 4.69) is 5.32 Å². The molecule has 2 aromatic rings. The van der Waals surface area contributed by atoms with Crippen LogP contribution in [0.4, 0.5) is 5.69 Å². The van der Waals surface area contributed by atoms with E-state index in [-0.39, 0.29) is 24.9 Å². The van der Waals surface area contributed by atoms with Crippen molar-refractivity contribution in [3.8, 4) is 0 Å². The van der Waals surface area contributed by atoms with Crippen molar-refractivity contribution in [1.82, 2.24) is 0 Å². The molecule has 0 radical (unpaired) electrons. The molecule has 0 fully saturated rings. The van der Waals surface area contributed by atoms with Crippen LogP contribution >= 0.6 is 11.3 Å². The summed E-state index contributed by atoms with van der Waals surface area (Å²) in [5.74, 6) is -0.685. The molecule has 0 saturated heterocycles. The van der Waals surface area contributed by atoms with Gasteiger partial charge >= 0.3 is 5.97 Å². The van der Waals surface area contributed by atoms with E-state index in [1.165, 1.54) is 0 Å². The van der Waals surface area contributed by atoms with Crippen molar-refractivity contribution in [2.24, 2.45) is 0 Å². The van der Waals surface area contributed by atoms with Gasteiger partial charge in [-0.05, 0) is 65.9 Å². The largest absolute Gasteiger partial charge is 0.456 e. The van der Waals surface area contributed by atoms with Crippen LogP contribution in [0.5, 0.6) is 0 Å². The van der Waals surface area contributed by atoms with E-state index >= 15 is 0 Å². The molecule has 0 aliphatic rings. The number of hydrogen-bond donors (Lipinski definition) is 1. The Kier molecular flexibility index (Phi) is 5.72. The van der Waals surface area contributed by atoms with Crippen LogP contribution < -0.4 is 5.32 Å². The fourth-order valence-electron chi connectivity index (χ4n) is 2.14. The van der Waals surface area contributed by atoms with Crippen molar-refractivity contribution in [2.45, 2.75) is 26.7 Å². The highest BCUT2D eigenvalue weighted by Gasteiger charge is 2.09. The summed E-state index contributed by atoms with van der Waals surface area (Å²) in [6, 6.07) is 7.76. The molecule has 0 saturated carbocycles. The molecule has 116 valence electrons. The standard InChI is InChI=1S/C17H19NO3S/c1-12-7-13(2)9-15(8-12)18-16(19)10-21-17(20)4-3-14-5-6-22-11-14/h5-9,11H,3-4,10H2,1-2H3,(H,18,19). The lowest BCUT2D eigenvalue weighted by Gasteiger charge is -2.08. The first-order valence-corrected chi connectivity index (χ1v) is 8.02. The molecule has 1 aromatic carbocycles.